The Balaban J connectivity index is 3.24. The molecule has 0 bridgehead atoms. The second-order valence-corrected chi connectivity index (χ2v) is 6.48. The Labute approximate surface area is 119 Å². The first-order valence-corrected chi connectivity index (χ1v) is 7.75. The van der Waals surface area contributed by atoms with Gasteiger partial charge in [-0.1, -0.05) is 66.7 Å². The average Bonchev–Trinajstić information content (AvgIpc) is 2.34. The van der Waals surface area contributed by atoms with E-state index in [1.54, 1.807) is 0 Å². The SMILES string of the molecule is CCNC(c1ccc(C(C)C)cc1C(C)C)C(C)C. The lowest BCUT2D eigenvalue weighted by atomic mass is 9.85. The number of benzene rings is 1. The predicted octanol–water partition coefficient (Wildman–Crippen LogP) is 5.24. The van der Waals surface area contributed by atoms with Crippen LogP contribution in [0.2, 0.25) is 0 Å². The Morgan fingerprint density at radius 2 is 1.53 bits per heavy atom. The lowest BCUT2D eigenvalue weighted by Gasteiger charge is -2.27. The Hall–Kier alpha value is -0.820. The first-order valence-electron chi connectivity index (χ1n) is 7.75. The summed E-state index contributed by atoms with van der Waals surface area (Å²) in [5.41, 5.74) is 4.44. The zero-order chi connectivity index (χ0) is 14.6. The van der Waals surface area contributed by atoms with Gasteiger partial charge in [0.25, 0.3) is 0 Å². The third kappa shape index (κ3) is 4.07. The molecule has 1 unspecified atom stereocenters. The third-order valence-electron chi connectivity index (χ3n) is 3.83. The summed E-state index contributed by atoms with van der Waals surface area (Å²) in [5, 5.41) is 3.64. The van der Waals surface area contributed by atoms with Crippen LogP contribution >= 0.6 is 0 Å². The fourth-order valence-corrected chi connectivity index (χ4v) is 2.66. The summed E-state index contributed by atoms with van der Waals surface area (Å²) in [5.74, 6) is 1.79. The number of rotatable bonds is 6. The molecule has 0 spiro atoms. The molecule has 1 heteroatoms. The molecule has 1 aromatic carbocycles. The highest BCUT2D eigenvalue weighted by molar-refractivity contribution is 5.37. The molecule has 1 N–H and O–H groups in total. The van der Waals surface area contributed by atoms with E-state index >= 15 is 0 Å². The lowest BCUT2D eigenvalue weighted by Crippen LogP contribution is -2.26. The van der Waals surface area contributed by atoms with Crippen LogP contribution < -0.4 is 5.32 Å². The van der Waals surface area contributed by atoms with Gasteiger partial charge in [0.05, 0.1) is 0 Å². The summed E-state index contributed by atoms with van der Waals surface area (Å²) in [6.07, 6.45) is 0. The van der Waals surface area contributed by atoms with Crippen LogP contribution in [0.25, 0.3) is 0 Å². The molecular weight excluding hydrogens is 230 g/mol. The van der Waals surface area contributed by atoms with Gasteiger partial charge < -0.3 is 5.32 Å². The van der Waals surface area contributed by atoms with Crippen LogP contribution in [0.5, 0.6) is 0 Å². The lowest BCUT2D eigenvalue weighted by molar-refractivity contribution is 0.418. The van der Waals surface area contributed by atoms with E-state index in [0.29, 0.717) is 23.8 Å². The average molecular weight is 261 g/mol. The molecule has 19 heavy (non-hydrogen) atoms. The largest absolute Gasteiger partial charge is 0.310 e. The van der Waals surface area contributed by atoms with Crippen LogP contribution in [-0.2, 0) is 0 Å². The van der Waals surface area contributed by atoms with Gasteiger partial charge in [-0.2, -0.15) is 0 Å². The molecule has 0 amide bonds. The molecule has 1 rings (SSSR count). The molecule has 1 atom stereocenters. The smallest absolute Gasteiger partial charge is 0.0346 e. The quantitative estimate of drug-likeness (QED) is 0.738. The molecule has 1 nitrogen and oxygen atoms in total. The number of hydrogen-bond donors (Lipinski definition) is 1. The first kappa shape index (κ1) is 16.2. The van der Waals surface area contributed by atoms with Gasteiger partial charge >= 0.3 is 0 Å². The molecule has 0 heterocycles. The summed E-state index contributed by atoms with van der Waals surface area (Å²) in [7, 11) is 0. The summed E-state index contributed by atoms with van der Waals surface area (Å²) in [6.45, 7) is 16.9. The third-order valence-corrected chi connectivity index (χ3v) is 3.83. The van der Waals surface area contributed by atoms with Crippen molar-refractivity contribution in [2.75, 3.05) is 6.54 Å². The van der Waals surface area contributed by atoms with Crippen molar-refractivity contribution in [1.82, 2.24) is 5.32 Å². The van der Waals surface area contributed by atoms with Crippen molar-refractivity contribution in [3.63, 3.8) is 0 Å². The Morgan fingerprint density at radius 3 is 1.95 bits per heavy atom. The van der Waals surface area contributed by atoms with E-state index in [9.17, 15) is 0 Å². The normalized spacial score (nSPS) is 13.6. The first-order chi connectivity index (χ1) is 8.88. The summed E-state index contributed by atoms with van der Waals surface area (Å²) in [4.78, 5) is 0. The summed E-state index contributed by atoms with van der Waals surface area (Å²) >= 11 is 0. The van der Waals surface area contributed by atoms with Gasteiger partial charge in [0.15, 0.2) is 0 Å². The Bertz CT molecular complexity index is 391. The van der Waals surface area contributed by atoms with Gasteiger partial charge in [0.1, 0.15) is 0 Å². The van der Waals surface area contributed by atoms with Crippen molar-refractivity contribution in [3.8, 4) is 0 Å². The van der Waals surface area contributed by atoms with Crippen LogP contribution in [0.15, 0.2) is 18.2 Å². The summed E-state index contributed by atoms with van der Waals surface area (Å²) in [6, 6.07) is 7.53. The Morgan fingerprint density at radius 1 is 0.895 bits per heavy atom. The standard InChI is InChI=1S/C18H31N/c1-8-19-18(14(6)7)16-10-9-15(12(2)3)11-17(16)13(4)5/h9-14,18-19H,8H2,1-7H3. The Kier molecular flexibility index (Phi) is 6.06. The molecule has 0 saturated carbocycles. The maximum absolute atomic E-state index is 3.64. The van der Waals surface area contributed by atoms with Crippen molar-refractivity contribution < 1.29 is 0 Å². The minimum atomic E-state index is 0.462. The van der Waals surface area contributed by atoms with Crippen LogP contribution in [0.3, 0.4) is 0 Å². The van der Waals surface area contributed by atoms with Crippen LogP contribution in [0, 0.1) is 5.92 Å². The van der Waals surface area contributed by atoms with Gasteiger partial charge in [-0.25, -0.2) is 0 Å². The van der Waals surface area contributed by atoms with Gasteiger partial charge in [-0.05, 0) is 41.0 Å². The molecule has 0 radical (unpaired) electrons. The highest BCUT2D eigenvalue weighted by Crippen LogP contribution is 2.31. The van der Waals surface area contributed by atoms with E-state index in [-0.39, 0.29) is 0 Å². The molecule has 0 aromatic heterocycles. The second-order valence-electron chi connectivity index (χ2n) is 6.48. The van der Waals surface area contributed by atoms with Crippen molar-refractivity contribution in [2.24, 2.45) is 5.92 Å². The van der Waals surface area contributed by atoms with Gasteiger partial charge in [-0.15, -0.1) is 0 Å². The molecular formula is C18H31N. The monoisotopic (exact) mass is 261 g/mol. The molecule has 0 aliphatic heterocycles. The van der Waals surface area contributed by atoms with E-state index in [1.165, 1.54) is 16.7 Å². The zero-order valence-corrected chi connectivity index (χ0v) is 13.7. The molecule has 0 aliphatic carbocycles. The van der Waals surface area contributed by atoms with Crippen molar-refractivity contribution in [3.05, 3.63) is 34.9 Å². The maximum atomic E-state index is 3.64. The van der Waals surface area contributed by atoms with Crippen molar-refractivity contribution >= 4 is 0 Å². The minimum absolute atomic E-state index is 0.462. The van der Waals surface area contributed by atoms with Crippen LogP contribution in [0.1, 0.15) is 83.0 Å². The number of nitrogens with one attached hydrogen (secondary N) is 1. The predicted molar refractivity (Wildman–Crippen MR) is 85.9 cm³/mol. The second kappa shape index (κ2) is 7.09. The van der Waals surface area contributed by atoms with E-state index in [1.807, 2.05) is 0 Å². The van der Waals surface area contributed by atoms with Crippen LogP contribution in [-0.4, -0.2) is 6.54 Å². The molecule has 0 fully saturated rings. The molecule has 1 aromatic rings. The molecule has 108 valence electrons. The fourth-order valence-electron chi connectivity index (χ4n) is 2.66. The van der Waals surface area contributed by atoms with Crippen molar-refractivity contribution in [2.45, 2.75) is 66.3 Å². The van der Waals surface area contributed by atoms with Gasteiger partial charge in [0.2, 0.25) is 0 Å². The highest BCUT2D eigenvalue weighted by atomic mass is 14.9. The summed E-state index contributed by atoms with van der Waals surface area (Å²) < 4.78 is 0. The highest BCUT2D eigenvalue weighted by Gasteiger charge is 2.19. The van der Waals surface area contributed by atoms with Gasteiger partial charge in [0, 0.05) is 6.04 Å². The zero-order valence-electron chi connectivity index (χ0n) is 13.7. The van der Waals surface area contributed by atoms with Gasteiger partial charge in [-0.3, -0.25) is 0 Å². The molecule has 0 saturated heterocycles. The van der Waals surface area contributed by atoms with Crippen LogP contribution in [0.4, 0.5) is 0 Å². The maximum Gasteiger partial charge on any atom is 0.0346 e. The van der Waals surface area contributed by atoms with Crippen molar-refractivity contribution in [1.29, 1.82) is 0 Å². The molecule has 0 aliphatic rings. The number of hydrogen-bond acceptors (Lipinski definition) is 1. The van der Waals surface area contributed by atoms with E-state index in [2.05, 4.69) is 72.0 Å². The van der Waals surface area contributed by atoms with E-state index < -0.39 is 0 Å². The topological polar surface area (TPSA) is 12.0 Å². The van der Waals surface area contributed by atoms with E-state index in [0.717, 1.165) is 6.54 Å². The minimum Gasteiger partial charge on any atom is -0.310 e. The fraction of sp³-hybridized carbons (Fsp3) is 0.667. The van der Waals surface area contributed by atoms with E-state index in [4.69, 9.17) is 0 Å².